The standard InChI is InChI=1S/C31H28N4O3/c1-6-17-38-22-15-16-25-24(18-22)27(21-13-11-20(12-14-21)19(3)4)33-29(32-25)30-34-28-23(31(36)37-7-2)9-8-10-26(28)35(30)5/h1,8-16,18-19H,7,17H2,2-5H3. The molecule has 0 atom stereocenters. The van der Waals surface area contributed by atoms with Gasteiger partial charge in [-0.3, -0.25) is 0 Å². The summed E-state index contributed by atoms with van der Waals surface area (Å²) < 4.78 is 12.8. The largest absolute Gasteiger partial charge is 0.481 e. The van der Waals surface area contributed by atoms with E-state index in [0.717, 1.165) is 27.7 Å². The van der Waals surface area contributed by atoms with Crippen LogP contribution in [0, 0.1) is 12.3 Å². The minimum absolute atomic E-state index is 0.172. The number of aromatic nitrogens is 4. The third-order valence-electron chi connectivity index (χ3n) is 6.45. The molecule has 0 saturated carbocycles. The summed E-state index contributed by atoms with van der Waals surface area (Å²) in [7, 11) is 1.89. The van der Waals surface area contributed by atoms with Gasteiger partial charge in [-0.25, -0.2) is 19.7 Å². The Hall–Kier alpha value is -4.70. The summed E-state index contributed by atoms with van der Waals surface area (Å²) in [5, 5.41) is 0.839. The number of rotatable bonds is 7. The van der Waals surface area contributed by atoms with Crippen LogP contribution in [0.4, 0.5) is 0 Å². The molecule has 0 aliphatic rings. The Labute approximate surface area is 221 Å². The number of imidazole rings is 1. The molecule has 38 heavy (non-hydrogen) atoms. The molecule has 3 aromatic carbocycles. The number of carbonyl (C=O) groups excluding carboxylic acids is 1. The Bertz CT molecular complexity index is 1700. The number of esters is 1. The highest BCUT2D eigenvalue weighted by Crippen LogP contribution is 2.33. The topological polar surface area (TPSA) is 79.1 Å². The average Bonchev–Trinajstić information content (AvgIpc) is 3.27. The number of para-hydroxylation sites is 1. The molecular weight excluding hydrogens is 476 g/mol. The number of carbonyl (C=O) groups is 1. The highest BCUT2D eigenvalue weighted by atomic mass is 16.5. The summed E-state index contributed by atoms with van der Waals surface area (Å²) in [5.74, 6) is 4.15. The summed E-state index contributed by atoms with van der Waals surface area (Å²) in [6.07, 6.45) is 5.39. The second kappa shape index (κ2) is 10.3. The molecule has 0 spiro atoms. The molecule has 7 heteroatoms. The van der Waals surface area contributed by atoms with Crippen LogP contribution in [0.2, 0.25) is 0 Å². The summed E-state index contributed by atoms with van der Waals surface area (Å²) in [6, 6.07) is 19.5. The molecule has 2 heterocycles. The van der Waals surface area contributed by atoms with Crippen molar-refractivity contribution in [1.29, 1.82) is 0 Å². The summed E-state index contributed by atoms with van der Waals surface area (Å²) in [4.78, 5) is 27.3. The van der Waals surface area contributed by atoms with Crippen molar-refractivity contribution in [2.75, 3.05) is 13.2 Å². The van der Waals surface area contributed by atoms with Gasteiger partial charge in [0.05, 0.1) is 28.9 Å². The van der Waals surface area contributed by atoms with Crippen molar-refractivity contribution in [3.63, 3.8) is 0 Å². The fourth-order valence-electron chi connectivity index (χ4n) is 4.46. The first-order valence-electron chi connectivity index (χ1n) is 12.5. The van der Waals surface area contributed by atoms with Crippen LogP contribution >= 0.6 is 0 Å². The molecule has 7 nitrogen and oxygen atoms in total. The number of benzene rings is 3. The van der Waals surface area contributed by atoms with Crippen LogP contribution in [0.1, 0.15) is 42.6 Å². The fourth-order valence-corrected chi connectivity index (χ4v) is 4.46. The number of terminal acetylenes is 1. The lowest BCUT2D eigenvalue weighted by atomic mass is 9.99. The van der Waals surface area contributed by atoms with Crippen molar-refractivity contribution in [3.05, 3.63) is 71.8 Å². The first-order valence-corrected chi connectivity index (χ1v) is 12.5. The highest BCUT2D eigenvalue weighted by molar-refractivity contribution is 6.03. The normalized spacial score (nSPS) is 11.2. The van der Waals surface area contributed by atoms with Crippen molar-refractivity contribution in [2.24, 2.45) is 7.05 Å². The van der Waals surface area contributed by atoms with Gasteiger partial charge in [-0.1, -0.05) is 50.1 Å². The van der Waals surface area contributed by atoms with Crippen LogP contribution in [0.25, 0.3) is 44.8 Å². The molecule has 5 aromatic rings. The maximum atomic E-state index is 12.6. The number of aryl methyl sites for hydroxylation is 1. The smallest absolute Gasteiger partial charge is 0.340 e. The minimum atomic E-state index is -0.410. The molecule has 0 aliphatic heterocycles. The van der Waals surface area contributed by atoms with Crippen LogP contribution in [0.5, 0.6) is 5.75 Å². The van der Waals surface area contributed by atoms with Gasteiger partial charge in [0.25, 0.3) is 0 Å². The predicted molar refractivity (Wildman–Crippen MR) is 149 cm³/mol. The van der Waals surface area contributed by atoms with Gasteiger partial charge in [-0.15, -0.1) is 6.42 Å². The van der Waals surface area contributed by atoms with Crippen LogP contribution in [0.15, 0.2) is 60.7 Å². The number of hydrogen-bond acceptors (Lipinski definition) is 6. The van der Waals surface area contributed by atoms with Gasteiger partial charge in [0.2, 0.25) is 0 Å². The average molecular weight is 505 g/mol. The third kappa shape index (κ3) is 4.57. The molecule has 0 unspecified atom stereocenters. The zero-order valence-electron chi connectivity index (χ0n) is 21.9. The van der Waals surface area contributed by atoms with Crippen LogP contribution in [-0.2, 0) is 11.8 Å². The molecule has 5 rings (SSSR count). The van der Waals surface area contributed by atoms with Gasteiger partial charge in [0, 0.05) is 18.0 Å². The van der Waals surface area contributed by atoms with Gasteiger partial charge in [-0.2, -0.15) is 0 Å². The van der Waals surface area contributed by atoms with Gasteiger partial charge in [-0.05, 0) is 48.7 Å². The van der Waals surface area contributed by atoms with E-state index in [2.05, 4.69) is 44.0 Å². The minimum Gasteiger partial charge on any atom is -0.481 e. The first kappa shape index (κ1) is 25.0. The number of ether oxygens (including phenoxy) is 2. The Morgan fingerprint density at radius 1 is 1.05 bits per heavy atom. The van der Waals surface area contributed by atoms with Gasteiger partial charge in [0.1, 0.15) is 17.9 Å². The number of fused-ring (bicyclic) bond motifs is 2. The number of hydrogen-bond donors (Lipinski definition) is 0. The molecule has 190 valence electrons. The fraction of sp³-hybridized carbons (Fsp3) is 0.226. The Morgan fingerprint density at radius 3 is 2.55 bits per heavy atom. The SMILES string of the molecule is C#CCOc1ccc2nc(-c3nc4c(C(=O)OCC)cccc4n3C)nc(-c3ccc(C(C)C)cc3)c2c1. The lowest BCUT2D eigenvalue weighted by Gasteiger charge is -2.12. The second-order valence-electron chi connectivity index (χ2n) is 9.23. The van der Waals surface area contributed by atoms with Gasteiger partial charge < -0.3 is 14.0 Å². The zero-order chi connectivity index (χ0) is 26.8. The molecule has 0 saturated heterocycles. The van der Waals surface area contributed by atoms with E-state index in [4.69, 9.17) is 30.8 Å². The third-order valence-corrected chi connectivity index (χ3v) is 6.45. The summed E-state index contributed by atoms with van der Waals surface area (Å²) >= 11 is 0. The van der Waals surface area contributed by atoms with Crippen LogP contribution < -0.4 is 4.74 Å². The maximum Gasteiger partial charge on any atom is 0.340 e. The van der Waals surface area contributed by atoms with Crippen molar-refractivity contribution in [2.45, 2.75) is 26.7 Å². The molecule has 0 aliphatic carbocycles. The monoisotopic (exact) mass is 504 g/mol. The molecule has 0 bridgehead atoms. The summed E-state index contributed by atoms with van der Waals surface area (Å²) in [6.45, 7) is 6.57. The highest BCUT2D eigenvalue weighted by Gasteiger charge is 2.21. The second-order valence-corrected chi connectivity index (χ2v) is 9.23. The lowest BCUT2D eigenvalue weighted by molar-refractivity contribution is 0.0528. The maximum absolute atomic E-state index is 12.6. The quantitative estimate of drug-likeness (QED) is 0.195. The van der Waals surface area contributed by atoms with Gasteiger partial charge >= 0.3 is 5.97 Å². The molecular formula is C31H28N4O3. The van der Waals surface area contributed by atoms with E-state index in [1.54, 1.807) is 13.0 Å². The van der Waals surface area contributed by atoms with Crippen LogP contribution in [0.3, 0.4) is 0 Å². The Balaban J connectivity index is 1.72. The predicted octanol–water partition coefficient (Wildman–Crippen LogP) is 6.16. The first-order chi connectivity index (χ1) is 18.4. The van der Waals surface area contributed by atoms with Crippen molar-refractivity contribution in [3.8, 4) is 41.0 Å². The van der Waals surface area contributed by atoms with E-state index in [1.165, 1.54) is 5.56 Å². The zero-order valence-corrected chi connectivity index (χ0v) is 21.9. The molecule has 0 amide bonds. The molecule has 0 N–H and O–H groups in total. The van der Waals surface area contributed by atoms with Crippen molar-refractivity contribution in [1.82, 2.24) is 19.5 Å². The van der Waals surface area contributed by atoms with Gasteiger partial charge in [0.15, 0.2) is 11.6 Å². The van der Waals surface area contributed by atoms with E-state index >= 15 is 0 Å². The Kier molecular flexibility index (Phi) is 6.80. The van der Waals surface area contributed by atoms with Crippen LogP contribution in [-0.4, -0.2) is 38.7 Å². The lowest BCUT2D eigenvalue weighted by Crippen LogP contribution is -2.05. The molecule has 0 fully saturated rings. The molecule has 0 radical (unpaired) electrons. The Morgan fingerprint density at radius 2 is 1.84 bits per heavy atom. The van der Waals surface area contributed by atoms with E-state index < -0.39 is 5.97 Å². The number of nitrogens with zero attached hydrogens (tertiary/aromatic N) is 4. The van der Waals surface area contributed by atoms with Crippen molar-refractivity contribution >= 4 is 27.9 Å². The van der Waals surface area contributed by atoms with Crippen molar-refractivity contribution < 1.29 is 14.3 Å². The van der Waals surface area contributed by atoms with E-state index in [1.807, 2.05) is 41.9 Å². The molecule has 2 aromatic heterocycles. The van der Waals surface area contributed by atoms with E-state index in [9.17, 15) is 4.79 Å². The van der Waals surface area contributed by atoms with E-state index in [0.29, 0.717) is 34.4 Å². The summed E-state index contributed by atoms with van der Waals surface area (Å²) in [5.41, 5.74) is 5.43. The van der Waals surface area contributed by atoms with E-state index in [-0.39, 0.29) is 13.2 Å².